The molecular weight excluding hydrogens is 440 g/mol. The minimum absolute atomic E-state index is 0.135. The van der Waals surface area contributed by atoms with Crippen molar-refractivity contribution < 1.29 is 19.0 Å². The zero-order valence-electron chi connectivity index (χ0n) is 18.6. The standard InChI is InChI=1S/C24H24N4O4S/c1-30-14-22-26-27-24(28(22)20-10-6-8-16-7-4-5-9-18(16)20)33-15-23(29)25-19-13-17(31-2)11-12-21(19)32-3/h4-13H,14-15H2,1-3H3,(H,25,29). The van der Waals surface area contributed by atoms with Gasteiger partial charge in [0.1, 0.15) is 18.1 Å². The van der Waals surface area contributed by atoms with Gasteiger partial charge in [-0.3, -0.25) is 9.36 Å². The van der Waals surface area contributed by atoms with E-state index in [4.69, 9.17) is 14.2 Å². The van der Waals surface area contributed by atoms with Crippen LogP contribution in [0, 0.1) is 0 Å². The second kappa shape index (κ2) is 10.4. The van der Waals surface area contributed by atoms with Crippen LogP contribution < -0.4 is 14.8 Å². The van der Waals surface area contributed by atoms with Crippen molar-refractivity contribution in [2.24, 2.45) is 0 Å². The number of hydrogen-bond donors (Lipinski definition) is 1. The Kier molecular flexibility index (Phi) is 7.11. The summed E-state index contributed by atoms with van der Waals surface area (Å²) in [4.78, 5) is 12.7. The Labute approximate surface area is 195 Å². The van der Waals surface area contributed by atoms with Crippen molar-refractivity contribution in [2.45, 2.75) is 11.8 Å². The second-order valence-electron chi connectivity index (χ2n) is 7.07. The summed E-state index contributed by atoms with van der Waals surface area (Å²) in [5.74, 6) is 1.77. The van der Waals surface area contributed by atoms with Crippen LogP contribution in [0.5, 0.6) is 11.5 Å². The van der Waals surface area contributed by atoms with E-state index in [0.29, 0.717) is 34.8 Å². The fraction of sp³-hybridized carbons (Fsp3) is 0.208. The van der Waals surface area contributed by atoms with Gasteiger partial charge in [0.05, 0.1) is 31.3 Å². The topological polar surface area (TPSA) is 87.5 Å². The largest absolute Gasteiger partial charge is 0.497 e. The molecule has 0 fully saturated rings. The average Bonchev–Trinajstić information content (AvgIpc) is 3.24. The van der Waals surface area contributed by atoms with Gasteiger partial charge in [0.2, 0.25) is 5.91 Å². The summed E-state index contributed by atoms with van der Waals surface area (Å²) in [5, 5.41) is 14.3. The maximum atomic E-state index is 12.7. The highest BCUT2D eigenvalue weighted by Crippen LogP contribution is 2.30. The maximum absolute atomic E-state index is 12.7. The number of methoxy groups -OCH3 is 3. The van der Waals surface area contributed by atoms with Gasteiger partial charge in [-0.25, -0.2) is 0 Å². The highest BCUT2D eigenvalue weighted by atomic mass is 32.2. The van der Waals surface area contributed by atoms with Gasteiger partial charge in [-0.1, -0.05) is 48.2 Å². The number of rotatable bonds is 9. The van der Waals surface area contributed by atoms with Crippen molar-refractivity contribution >= 4 is 34.1 Å². The van der Waals surface area contributed by atoms with E-state index < -0.39 is 0 Å². The molecule has 0 unspecified atom stereocenters. The van der Waals surface area contributed by atoms with Crippen LogP contribution in [0.4, 0.5) is 5.69 Å². The molecule has 1 N–H and O–H groups in total. The number of thioether (sulfide) groups is 1. The van der Waals surface area contributed by atoms with E-state index in [1.807, 2.05) is 28.8 Å². The van der Waals surface area contributed by atoms with Crippen molar-refractivity contribution in [3.05, 3.63) is 66.5 Å². The predicted molar refractivity (Wildman–Crippen MR) is 128 cm³/mol. The summed E-state index contributed by atoms with van der Waals surface area (Å²) >= 11 is 1.30. The first-order chi connectivity index (χ1) is 16.1. The predicted octanol–water partition coefficient (Wildman–Crippen LogP) is 4.31. The molecule has 0 aliphatic heterocycles. The van der Waals surface area contributed by atoms with Crippen LogP contribution >= 0.6 is 11.8 Å². The summed E-state index contributed by atoms with van der Waals surface area (Å²) in [6.45, 7) is 0.296. The number of amides is 1. The van der Waals surface area contributed by atoms with Crippen molar-refractivity contribution in [3.8, 4) is 17.2 Å². The monoisotopic (exact) mass is 464 g/mol. The zero-order valence-corrected chi connectivity index (χ0v) is 19.4. The number of hydrogen-bond acceptors (Lipinski definition) is 7. The van der Waals surface area contributed by atoms with Crippen LogP contribution in [-0.4, -0.2) is 47.8 Å². The third kappa shape index (κ3) is 4.94. The fourth-order valence-corrected chi connectivity index (χ4v) is 4.25. The van der Waals surface area contributed by atoms with Gasteiger partial charge in [-0.05, 0) is 23.6 Å². The van der Waals surface area contributed by atoms with E-state index in [0.717, 1.165) is 16.5 Å². The minimum Gasteiger partial charge on any atom is -0.497 e. The van der Waals surface area contributed by atoms with E-state index in [1.54, 1.807) is 39.5 Å². The van der Waals surface area contributed by atoms with Crippen LogP contribution in [0.3, 0.4) is 0 Å². The normalized spacial score (nSPS) is 10.9. The molecule has 0 spiro atoms. The molecule has 0 radical (unpaired) electrons. The molecule has 4 aromatic rings. The number of anilines is 1. The molecule has 3 aromatic carbocycles. The highest BCUT2D eigenvalue weighted by Gasteiger charge is 2.18. The number of carbonyl (C=O) groups excluding carboxylic acids is 1. The van der Waals surface area contributed by atoms with Gasteiger partial charge in [0, 0.05) is 18.6 Å². The molecule has 0 saturated heterocycles. The molecule has 1 heterocycles. The third-order valence-electron chi connectivity index (χ3n) is 4.99. The van der Waals surface area contributed by atoms with E-state index in [-0.39, 0.29) is 11.7 Å². The summed E-state index contributed by atoms with van der Waals surface area (Å²) in [6.07, 6.45) is 0. The van der Waals surface area contributed by atoms with E-state index in [1.165, 1.54) is 11.8 Å². The smallest absolute Gasteiger partial charge is 0.234 e. The summed E-state index contributed by atoms with van der Waals surface area (Å²) < 4.78 is 17.9. The fourth-order valence-electron chi connectivity index (χ4n) is 3.49. The first-order valence-electron chi connectivity index (χ1n) is 10.2. The molecule has 0 saturated carbocycles. The van der Waals surface area contributed by atoms with Crippen LogP contribution in [0.1, 0.15) is 5.82 Å². The maximum Gasteiger partial charge on any atom is 0.234 e. The Bertz CT molecular complexity index is 1270. The van der Waals surface area contributed by atoms with Crippen LogP contribution in [-0.2, 0) is 16.1 Å². The molecule has 1 aromatic heterocycles. The molecule has 0 bridgehead atoms. The summed E-state index contributed by atoms with van der Waals surface area (Å²) in [5.41, 5.74) is 1.47. The lowest BCUT2D eigenvalue weighted by molar-refractivity contribution is -0.113. The van der Waals surface area contributed by atoms with Crippen molar-refractivity contribution in [1.82, 2.24) is 14.8 Å². The number of carbonyl (C=O) groups is 1. The average molecular weight is 465 g/mol. The summed E-state index contributed by atoms with van der Waals surface area (Å²) in [6, 6.07) is 19.4. The lowest BCUT2D eigenvalue weighted by atomic mass is 10.1. The Balaban J connectivity index is 1.59. The molecule has 1 amide bonds. The zero-order chi connectivity index (χ0) is 23.2. The Morgan fingerprint density at radius 1 is 1.00 bits per heavy atom. The van der Waals surface area contributed by atoms with Gasteiger partial charge in [-0.2, -0.15) is 0 Å². The molecule has 0 aliphatic carbocycles. The molecular formula is C24H24N4O4S. The minimum atomic E-state index is -0.202. The first-order valence-corrected chi connectivity index (χ1v) is 11.2. The molecule has 170 valence electrons. The van der Waals surface area contributed by atoms with E-state index in [9.17, 15) is 4.79 Å². The van der Waals surface area contributed by atoms with E-state index >= 15 is 0 Å². The molecule has 4 rings (SSSR count). The number of ether oxygens (including phenoxy) is 3. The quantitative estimate of drug-likeness (QED) is 0.369. The van der Waals surface area contributed by atoms with Crippen molar-refractivity contribution in [3.63, 3.8) is 0 Å². The highest BCUT2D eigenvalue weighted by molar-refractivity contribution is 7.99. The number of fused-ring (bicyclic) bond motifs is 1. The lowest BCUT2D eigenvalue weighted by Gasteiger charge is -2.13. The molecule has 9 heteroatoms. The molecule has 33 heavy (non-hydrogen) atoms. The number of nitrogens with zero attached hydrogens (tertiary/aromatic N) is 3. The number of benzene rings is 3. The molecule has 8 nitrogen and oxygen atoms in total. The van der Waals surface area contributed by atoms with Gasteiger partial charge >= 0.3 is 0 Å². The first kappa shape index (κ1) is 22.6. The number of aromatic nitrogens is 3. The SMILES string of the molecule is COCc1nnc(SCC(=O)Nc2cc(OC)ccc2OC)n1-c1cccc2ccccc12. The second-order valence-corrected chi connectivity index (χ2v) is 8.01. The third-order valence-corrected chi connectivity index (χ3v) is 5.92. The van der Waals surface area contributed by atoms with Gasteiger partial charge in [-0.15, -0.1) is 10.2 Å². The number of nitrogens with one attached hydrogen (secondary N) is 1. The van der Waals surface area contributed by atoms with Crippen LogP contribution in [0.2, 0.25) is 0 Å². The van der Waals surface area contributed by atoms with Crippen molar-refractivity contribution in [2.75, 3.05) is 32.4 Å². The van der Waals surface area contributed by atoms with Gasteiger partial charge in [0.25, 0.3) is 0 Å². The van der Waals surface area contributed by atoms with Gasteiger partial charge in [0.15, 0.2) is 11.0 Å². The van der Waals surface area contributed by atoms with Crippen LogP contribution in [0.25, 0.3) is 16.5 Å². The Morgan fingerprint density at radius 2 is 1.82 bits per heavy atom. The van der Waals surface area contributed by atoms with E-state index in [2.05, 4.69) is 33.7 Å². The Hall–Kier alpha value is -3.56. The van der Waals surface area contributed by atoms with Crippen molar-refractivity contribution in [1.29, 1.82) is 0 Å². The molecule has 0 atom stereocenters. The Morgan fingerprint density at radius 3 is 2.61 bits per heavy atom. The van der Waals surface area contributed by atoms with Crippen LogP contribution in [0.15, 0.2) is 65.8 Å². The summed E-state index contributed by atoms with van der Waals surface area (Å²) in [7, 11) is 4.74. The molecule has 0 aliphatic rings. The van der Waals surface area contributed by atoms with Gasteiger partial charge < -0.3 is 19.5 Å². The lowest BCUT2D eigenvalue weighted by Crippen LogP contribution is -2.15.